The number of hydrogen-bond donors (Lipinski definition) is 2. The standard InChI is InChI=1S/C21H20N2O3S2/c1-28(25,26)23-20-10-6-5-9-19(20)21(24)22-17-13-11-16(12-14-17)15-27-18-7-3-2-4-8-18/h2-14,23H,15H2,1H3,(H,22,24). The van der Waals surface area contributed by atoms with Crippen molar-refractivity contribution in [3.05, 3.63) is 90.0 Å². The Balaban J connectivity index is 1.65. The summed E-state index contributed by atoms with van der Waals surface area (Å²) in [5.74, 6) is 0.456. The van der Waals surface area contributed by atoms with Gasteiger partial charge in [-0.25, -0.2) is 8.42 Å². The van der Waals surface area contributed by atoms with Gasteiger partial charge in [-0.05, 0) is 42.0 Å². The fraction of sp³-hybridized carbons (Fsp3) is 0.0952. The van der Waals surface area contributed by atoms with Gasteiger partial charge in [0, 0.05) is 16.3 Å². The van der Waals surface area contributed by atoms with Gasteiger partial charge < -0.3 is 5.32 Å². The molecular formula is C21H20N2O3S2. The van der Waals surface area contributed by atoms with Crippen LogP contribution >= 0.6 is 11.8 Å². The van der Waals surface area contributed by atoms with E-state index in [9.17, 15) is 13.2 Å². The maximum atomic E-state index is 12.6. The minimum absolute atomic E-state index is 0.249. The molecule has 0 heterocycles. The zero-order chi connectivity index (χ0) is 20.0. The first-order valence-corrected chi connectivity index (χ1v) is 11.4. The number of benzene rings is 3. The molecule has 3 rings (SSSR count). The largest absolute Gasteiger partial charge is 0.322 e. The maximum Gasteiger partial charge on any atom is 0.257 e. The molecule has 28 heavy (non-hydrogen) atoms. The summed E-state index contributed by atoms with van der Waals surface area (Å²) in [6, 6.07) is 24.3. The van der Waals surface area contributed by atoms with Crippen molar-refractivity contribution < 1.29 is 13.2 Å². The molecule has 3 aromatic rings. The molecule has 0 aliphatic rings. The molecule has 0 radical (unpaired) electrons. The van der Waals surface area contributed by atoms with Crippen molar-refractivity contribution >= 4 is 39.1 Å². The Morgan fingerprint density at radius 3 is 2.21 bits per heavy atom. The predicted octanol–water partition coefficient (Wildman–Crippen LogP) is 4.60. The average Bonchev–Trinajstić information content (AvgIpc) is 2.67. The van der Waals surface area contributed by atoms with Crippen LogP contribution in [0.4, 0.5) is 11.4 Å². The van der Waals surface area contributed by atoms with Crippen molar-refractivity contribution in [2.24, 2.45) is 0 Å². The number of anilines is 2. The normalized spacial score (nSPS) is 11.0. The summed E-state index contributed by atoms with van der Waals surface area (Å²) in [5.41, 5.74) is 2.30. The number of nitrogens with one attached hydrogen (secondary N) is 2. The van der Waals surface area contributed by atoms with Crippen molar-refractivity contribution in [1.29, 1.82) is 0 Å². The second-order valence-electron chi connectivity index (χ2n) is 6.17. The third-order valence-corrected chi connectivity index (χ3v) is 5.50. The van der Waals surface area contributed by atoms with E-state index >= 15 is 0 Å². The zero-order valence-corrected chi connectivity index (χ0v) is 16.9. The Labute approximate surface area is 169 Å². The Hall–Kier alpha value is -2.77. The van der Waals surface area contributed by atoms with Crippen LogP contribution in [0.3, 0.4) is 0 Å². The fourth-order valence-electron chi connectivity index (χ4n) is 2.54. The summed E-state index contributed by atoms with van der Waals surface area (Å²) in [4.78, 5) is 13.8. The molecular weight excluding hydrogens is 392 g/mol. The second kappa shape index (κ2) is 8.95. The van der Waals surface area contributed by atoms with Gasteiger partial charge in [0.05, 0.1) is 17.5 Å². The van der Waals surface area contributed by atoms with Crippen LogP contribution < -0.4 is 10.0 Å². The van der Waals surface area contributed by atoms with Gasteiger partial charge in [0.1, 0.15) is 0 Å². The highest BCUT2D eigenvalue weighted by atomic mass is 32.2. The minimum atomic E-state index is -3.47. The van der Waals surface area contributed by atoms with Crippen LogP contribution in [0.1, 0.15) is 15.9 Å². The average molecular weight is 413 g/mol. The zero-order valence-electron chi connectivity index (χ0n) is 15.3. The van der Waals surface area contributed by atoms with E-state index in [2.05, 4.69) is 22.2 Å². The summed E-state index contributed by atoms with van der Waals surface area (Å²) in [7, 11) is -3.47. The molecule has 0 saturated heterocycles. The van der Waals surface area contributed by atoms with E-state index in [0.29, 0.717) is 5.69 Å². The minimum Gasteiger partial charge on any atom is -0.322 e. The van der Waals surface area contributed by atoms with Gasteiger partial charge in [-0.15, -0.1) is 11.8 Å². The number of carbonyl (C=O) groups is 1. The van der Waals surface area contributed by atoms with Gasteiger partial charge in [0.25, 0.3) is 5.91 Å². The molecule has 3 aromatic carbocycles. The molecule has 144 valence electrons. The number of rotatable bonds is 7. The lowest BCUT2D eigenvalue weighted by atomic mass is 10.1. The highest BCUT2D eigenvalue weighted by molar-refractivity contribution is 7.98. The highest BCUT2D eigenvalue weighted by Gasteiger charge is 2.13. The number of amides is 1. The molecule has 0 aliphatic heterocycles. The van der Waals surface area contributed by atoms with Gasteiger partial charge in [-0.3, -0.25) is 9.52 Å². The van der Waals surface area contributed by atoms with Gasteiger partial charge in [0.2, 0.25) is 10.0 Å². The Kier molecular flexibility index (Phi) is 6.38. The van der Waals surface area contributed by atoms with Crippen LogP contribution in [0.2, 0.25) is 0 Å². The number of thioether (sulfide) groups is 1. The molecule has 0 atom stereocenters. The molecule has 2 N–H and O–H groups in total. The number of sulfonamides is 1. The van der Waals surface area contributed by atoms with Crippen molar-refractivity contribution in [2.75, 3.05) is 16.3 Å². The lowest BCUT2D eigenvalue weighted by molar-refractivity contribution is 0.102. The van der Waals surface area contributed by atoms with E-state index in [4.69, 9.17) is 0 Å². The third kappa shape index (κ3) is 5.87. The number of hydrogen-bond acceptors (Lipinski definition) is 4. The molecule has 0 saturated carbocycles. The van der Waals surface area contributed by atoms with Crippen LogP contribution in [0.5, 0.6) is 0 Å². The molecule has 0 spiro atoms. The predicted molar refractivity (Wildman–Crippen MR) is 115 cm³/mol. The van der Waals surface area contributed by atoms with Gasteiger partial charge >= 0.3 is 0 Å². The lowest BCUT2D eigenvalue weighted by Gasteiger charge is -2.11. The van der Waals surface area contributed by atoms with Crippen molar-refractivity contribution in [3.63, 3.8) is 0 Å². The van der Waals surface area contributed by atoms with Crippen molar-refractivity contribution in [3.8, 4) is 0 Å². The van der Waals surface area contributed by atoms with Crippen LogP contribution in [-0.4, -0.2) is 20.6 Å². The third-order valence-electron chi connectivity index (χ3n) is 3.83. The van der Waals surface area contributed by atoms with E-state index in [-0.39, 0.29) is 17.2 Å². The number of carbonyl (C=O) groups excluding carboxylic acids is 1. The van der Waals surface area contributed by atoms with Crippen LogP contribution in [0, 0.1) is 0 Å². The van der Waals surface area contributed by atoms with Crippen LogP contribution in [-0.2, 0) is 15.8 Å². The first-order valence-electron chi connectivity index (χ1n) is 8.56. The SMILES string of the molecule is CS(=O)(=O)Nc1ccccc1C(=O)Nc1ccc(CSc2ccccc2)cc1. The first kappa shape index (κ1) is 20.0. The first-order chi connectivity index (χ1) is 13.4. The van der Waals surface area contributed by atoms with Crippen LogP contribution in [0.15, 0.2) is 83.8 Å². The monoisotopic (exact) mass is 412 g/mol. The molecule has 0 aromatic heterocycles. The topological polar surface area (TPSA) is 75.3 Å². The van der Waals surface area contributed by atoms with Gasteiger partial charge in [0.15, 0.2) is 0 Å². The van der Waals surface area contributed by atoms with E-state index in [0.717, 1.165) is 17.6 Å². The number of para-hydroxylation sites is 1. The molecule has 1 amide bonds. The van der Waals surface area contributed by atoms with E-state index in [1.807, 2.05) is 42.5 Å². The molecule has 0 bridgehead atoms. The van der Waals surface area contributed by atoms with E-state index < -0.39 is 10.0 Å². The van der Waals surface area contributed by atoms with E-state index in [1.165, 1.54) is 4.90 Å². The summed E-state index contributed by atoms with van der Waals surface area (Å²) in [5, 5.41) is 2.80. The second-order valence-corrected chi connectivity index (χ2v) is 8.97. The van der Waals surface area contributed by atoms with Gasteiger partial charge in [-0.2, -0.15) is 0 Å². The van der Waals surface area contributed by atoms with Crippen LogP contribution in [0.25, 0.3) is 0 Å². The quantitative estimate of drug-likeness (QED) is 0.556. The van der Waals surface area contributed by atoms with Crippen molar-refractivity contribution in [1.82, 2.24) is 0 Å². The summed E-state index contributed by atoms with van der Waals surface area (Å²) < 4.78 is 25.3. The fourth-order valence-corrected chi connectivity index (χ4v) is 3.99. The Morgan fingerprint density at radius 2 is 1.54 bits per heavy atom. The Morgan fingerprint density at radius 1 is 0.893 bits per heavy atom. The summed E-state index contributed by atoms with van der Waals surface area (Å²) in [6.45, 7) is 0. The lowest BCUT2D eigenvalue weighted by Crippen LogP contribution is -2.17. The molecule has 7 heteroatoms. The molecule has 0 unspecified atom stereocenters. The Bertz CT molecular complexity index is 1050. The molecule has 0 fully saturated rings. The molecule has 0 aliphatic carbocycles. The summed E-state index contributed by atoms with van der Waals surface area (Å²) >= 11 is 1.74. The smallest absolute Gasteiger partial charge is 0.257 e. The molecule has 5 nitrogen and oxygen atoms in total. The maximum absolute atomic E-state index is 12.6. The van der Waals surface area contributed by atoms with Crippen molar-refractivity contribution in [2.45, 2.75) is 10.6 Å². The van der Waals surface area contributed by atoms with Gasteiger partial charge in [-0.1, -0.05) is 42.5 Å². The summed E-state index contributed by atoms with van der Waals surface area (Å²) in [6.07, 6.45) is 1.05. The highest BCUT2D eigenvalue weighted by Crippen LogP contribution is 2.23. The van der Waals surface area contributed by atoms with E-state index in [1.54, 1.807) is 36.0 Å².